The number of nitrogens with zero attached hydrogens (tertiary/aromatic N) is 3. The molecule has 0 spiro atoms. The highest BCUT2D eigenvalue weighted by molar-refractivity contribution is 5.84. The minimum absolute atomic E-state index is 0.00611. The first kappa shape index (κ1) is 16.0. The first-order valence-corrected chi connectivity index (χ1v) is 8.41. The second kappa shape index (κ2) is 6.29. The van der Waals surface area contributed by atoms with Gasteiger partial charge in [-0.15, -0.1) is 5.10 Å². The molecular formula is C16H24N4O3. The number of carboxylic acid groups (broad SMARTS) is 1. The van der Waals surface area contributed by atoms with E-state index in [1.165, 1.54) is 19.0 Å². The largest absolute Gasteiger partial charge is 0.476 e. The Hall–Kier alpha value is -1.92. The van der Waals surface area contributed by atoms with Gasteiger partial charge in [0.1, 0.15) is 0 Å². The van der Waals surface area contributed by atoms with Gasteiger partial charge in [-0.25, -0.2) is 9.48 Å². The number of hydrogen-bond acceptors (Lipinski definition) is 4. The van der Waals surface area contributed by atoms with Crippen molar-refractivity contribution in [1.29, 1.82) is 0 Å². The van der Waals surface area contributed by atoms with Crippen LogP contribution in [0.1, 0.15) is 74.8 Å². The first-order valence-electron chi connectivity index (χ1n) is 8.41. The zero-order valence-corrected chi connectivity index (χ0v) is 13.5. The Kier molecular flexibility index (Phi) is 4.37. The third-order valence-electron chi connectivity index (χ3n) is 5.20. The van der Waals surface area contributed by atoms with Gasteiger partial charge in [-0.2, -0.15) is 0 Å². The standard InChI is InChI=1S/C16H24N4O3/c1-16(8-9-16)7-6-14(21)17-11-4-2-3-5-13(11)20-10-12(15(22)23)18-19-20/h10-11,13H,2-9H2,1H3,(H,17,21)(H,22,23)/t11-,13+/m1/s1. The Balaban J connectivity index is 1.61. The van der Waals surface area contributed by atoms with E-state index in [-0.39, 0.29) is 23.7 Å². The van der Waals surface area contributed by atoms with E-state index in [1.807, 2.05) is 0 Å². The maximum absolute atomic E-state index is 12.2. The second-order valence-electron chi connectivity index (χ2n) is 7.23. The zero-order valence-electron chi connectivity index (χ0n) is 13.5. The molecule has 1 heterocycles. The summed E-state index contributed by atoms with van der Waals surface area (Å²) in [5, 5.41) is 19.7. The van der Waals surface area contributed by atoms with Crippen LogP contribution in [0.4, 0.5) is 0 Å². The number of rotatable bonds is 6. The number of hydrogen-bond donors (Lipinski definition) is 2. The molecule has 2 N–H and O–H groups in total. The summed E-state index contributed by atoms with van der Waals surface area (Å²) in [6, 6.07) is -0.00332. The normalized spacial score (nSPS) is 25.8. The van der Waals surface area contributed by atoms with Gasteiger partial charge < -0.3 is 10.4 Å². The van der Waals surface area contributed by atoms with Crippen molar-refractivity contribution in [2.75, 3.05) is 0 Å². The number of carbonyl (C=O) groups is 2. The molecule has 2 aliphatic rings. The van der Waals surface area contributed by atoms with E-state index in [2.05, 4.69) is 22.6 Å². The molecule has 1 amide bonds. The van der Waals surface area contributed by atoms with Gasteiger partial charge in [-0.1, -0.05) is 25.0 Å². The Morgan fingerprint density at radius 1 is 1.39 bits per heavy atom. The number of amides is 1. The zero-order chi connectivity index (χ0) is 16.4. The second-order valence-corrected chi connectivity index (χ2v) is 7.23. The molecule has 0 bridgehead atoms. The third-order valence-corrected chi connectivity index (χ3v) is 5.20. The van der Waals surface area contributed by atoms with Gasteiger partial charge in [0.05, 0.1) is 18.3 Å². The molecule has 0 aliphatic heterocycles. The first-order chi connectivity index (χ1) is 11.0. The van der Waals surface area contributed by atoms with E-state index in [0.29, 0.717) is 11.8 Å². The lowest BCUT2D eigenvalue weighted by atomic mass is 9.90. The van der Waals surface area contributed by atoms with E-state index in [0.717, 1.165) is 32.1 Å². The van der Waals surface area contributed by atoms with E-state index >= 15 is 0 Å². The van der Waals surface area contributed by atoms with Crippen LogP contribution in [0, 0.1) is 5.41 Å². The van der Waals surface area contributed by atoms with E-state index in [4.69, 9.17) is 5.11 Å². The summed E-state index contributed by atoms with van der Waals surface area (Å²) in [7, 11) is 0. The lowest BCUT2D eigenvalue weighted by molar-refractivity contribution is -0.122. The number of aromatic carboxylic acids is 1. The fourth-order valence-corrected chi connectivity index (χ4v) is 3.29. The lowest BCUT2D eigenvalue weighted by Gasteiger charge is -2.32. The predicted octanol–water partition coefficient (Wildman–Crippen LogP) is 2.16. The van der Waals surface area contributed by atoms with E-state index < -0.39 is 5.97 Å². The molecule has 0 aromatic carbocycles. The Labute approximate surface area is 135 Å². The van der Waals surface area contributed by atoms with Crippen molar-refractivity contribution >= 4 is 11.9 Å². The molecular weight excluding hydrogens is 296 g/mol. The molecule has 1 aromatic rings. The summed E-state index contributed by atoms with van der Waals surface area (Å²) in [5.74, 6) is -0.987. The summed E-state index contributed by atoms with van der Waals surface area (Å²) >= 11 is 0. The summed E-state index contributed by atoms with van der Waals surface area (Å²) in [5.41, 5.74) is 0.327. The molecule has 7 nitrogen and oxygen atoms in total. The van der Waals surface area contributed by atoms with Gasteiger partial charge in [-0.3, -0.25) is 4.79 Å². The minimum Gasteiger partial charge on any atom is -0.476 e. The van der Waals surface area contributed by atoms with Crippen LogP contribution in [0.25, 0.3) is 0 Å². The van der Waals surface area contributed by atoms with Crippen LogP contribution in [0.5, 0.6) is 0 Å². The van der Waals surface area contributed by atoms with Crippen molar-refractivity contribution in [2.45, 2.75) is 70.4 Å². The number of carbonyl (C=O) groups excluding carboxylic acids is 1. The fraction of sp³-hybridized carbons (Fsp3) is 0.750. The molecule has 0 radical (unpaired) electrons. The topological polar surface area (TPSA) is 97.1 Å². The highest BCUT2D eigenvalue weighted by Gasteiger charge is 2.37. The van der Waals surface area contributed by atoms with Crippen LogP contribution in [-0.2, 0) is 4.79 Å². The molecule has 23 heavy (non-hydrogen) atoms. The average molecular weight is 320 g/mol. The molecule has 2 atom stereocenters. The Bertz CT molecular complexity index is 594. The third kappa shape index (κ3) is 3.89. The molecule has 126 valence electrons. The molecule has 0 unspecified atom stereocenters. The molecule has 2 aliphatic carbocycles. The molecule has 1 aromatic heterocycles. The van der Waals surface area contributed by atoms with Gasteiger partial charge in [0.2, 0.25) is 5.91 Å². The highest BCUT2D eigenvalue weighted by Crippen LogP contribution is 2.48. The highest BCUT2D eigenvalue weighted by atomic mass is 16.4. The van der Waals surface area contributed by atoms with Crippen molar-refractivity contribution in [3.8, 4) is 0 Å². The molecule has 2 saturated carbocycles. The lowest BCUT2D eigenvalue weighted by Crippen LogP contribution is -2.43. The van der Waals surface area contributed by atoms with Crippen LogP contribution in [-0.4, -0.2) is 38.0 Å². The average Bonchev–Trinajstić information content (AvgIpc) is 3.06. The van der Waals surface area contributed by atoms with Crippen molar-refractivity contribution in [3.63, 3.8) is 0 Å². The van der Waals surface area contributed by atoms with E-state index in [1.54, 1.807) is 4.68 Å². The summed E-state index contributed by atoms with van der Waals surface area (Å²) in [4.78, 5) is 23.2. The number of nitrogens with one attached hydrogen (secondary N) is 1. The van der Waals surface area contributed by atoms with Crippen molar-refractivity contribution in [3.05, 3.63) is 11.9 Å². The van der Waals surface area contributed by atoms with Crippen molar-refractivity contribution in [1.82, 2.24) is 20.3 Å². The minimum atomic E-state index is -1.08. The molecule has 2 fully saturated rings. The van der Waals surface area contributed by atoms with Gasteiger partial charge in [0, 0.05) is 6.42 Å². The maximum atomic E-state index is 12.2. The van der Waals surface area contributed by atoms with Crippen LogP contribution in [0.3, 0.4) is 0 Å². The monoisotopic (exact) mass is 320 g/mol. The summed E-state index contributed by atoms with van der Waals surface area (Å²) in [6.07, 6.45) is 9.33. The molecule has 3 rings (SSSR count). The van der Waals surface area contributed by atoms with Gasteiger partial charge in [0.25, 0.3) is 0 Å². The van der Waals surface area contributed by atoms with Crippen LogP contribution < -0.4 is 5.32 Å². The van der Waals surface area contributed by atoms with Crippen LogP contribution >= 0.6 is 0 Å². The Morgan fingerprint density at radius 3 is 2.78 bits per heavy atom. The SMILES string of the molecule is CC1(CCC(=O)N[C@@H]2CCCC[C@@H]2n2cc(C(=O)O)nn2)CC1. The van der Waals surface area contributed by atoms with Gasteiger partial charge in [0.15, 0.2) is 5.69 Å². The van der Waals surface area contributed by atoms with Crippen molar-refractivity contribution in [2.24, 2.45) is 5.41 Å². The maximum Gasteiger partial charge on any atom is 0.358 e. The summed E-state index contributed by atoms with van der Waals surface area (Å²) < 4.78 is 1.61. The molecule has 7 heteroatoms. The quantitative estimate of drug-likeness (QED) is 0.837. The van der Waals surface area contributed by atoms with Crippen LogP contribution in [0.15, 0.2) is 6.20 Å². The Morgan fingerprint density at radius 2 is 2.13 bits per heavy atom. The predicted molar refractivity (Wildman–Crippen MR) is 83.0 cm³/mol. The van der Waals surface area contributed by atoms with Gasteiger partial charge in [-0.05, 0) is 37.5 Å². The van der Waals surface area contributed by atoms with Gasteiger partial charge >= 0.3 is 5.97 Å². The summed E-state index contributed by atoms with van der Waals surface area (Å²) in [6.45, 7) is 2.23. The molecule has 0 saturated heterocycles. The van der Waals surface area contributed by atoms with Crippen molar-refractivity contribution < 1.29 is 14.7 Å². The van der Waals surface area contributed by atoms with Crippen LogP contribution in [0.2, 0.25) is 0 Å². The fourth-order valence-electron chi connectivity index (χ4n) is 3.29. The smallest absolute Gasteiger partial charge is 0.358 e. The van der Waals surface area contributed by atoms with E-state index in [9.17, 15) is 9.59 Å². The number of carboxylic acids is 1. The number of aromatic nitrogens is 3.